The second kappa shape index (κ2) is 8.04. The van der Waals surface area contributed by atoms with Gasteiger partial charge in [0.25, 0.3) is 5.91 Å². The van der Waals surface area contributed by atoms with Crippen molar-refractivity contribution in [1.29, 1.82) is 0 Å². The minimum absolute atomic E-state index is 0.0127. The first-order valence-electron chi connectivity index (χ1n) is 9.19. The van der Waals surface area contributed by atoms with E-state index in [1.54, 1.807) is 41.7 Å². The lowest BCUT2D eigenvalue weighted by atomic mass is 9.91. The van der Waals surface area contributed by atoms with Crippen LogP contribution in [0, 0.1) is 5.92 Å². The van der Waals surface area contributed by atoms with Crippen molar-refractivity contribution in [1.82, 2.24) is 24.8 Å². The highest BCUT2D eigenvalue weighted by molar-refractivity contribution is 5.98. The Bertz CT molecular complexity index is 961. The van der Waals surface area contributed by atoms with E-state index in [9.17, 15) is 9.59 Å². The maximum atomic E-state index is 12.9. The summed E-state index contributed by atoms with van der Waals surface area (Å²) in [6, 6.07) is 8.97. The van der Waals surface area contributed by atoms with Crippen LogP contribution in [0.5, 0.6) is 0 Å². The van der Waals surface area contributed by atoms with Gasteiger partial charge in [-0.15, -0.1) is 0 Å². The van der Waals surface area contributed by atoms with E-state index in [0.717, 1.165) is 18.4 Å². The van der Waals surface area contributed by atoms with E-state index in [2.05, 4.69) is 19.9 Å². The van der Waals surface area contributed by atoms with E-state index < -0.39 is 0 Å². The van der Waals surface area contributed by atoms with E-state index in [4.69, 9.17) is 0 Å². The summed E-state index contributed by atoms with van der Waals surface area (Å²) in [4.78, 5) is 44.0. The summed E-state index contributed by atoms with van der Waals surface area (Å²) in [5.74, 6) is 0.118. The zero-order chi connectivity index (χ0) is 19.3. The lowest BCUT2D eigenvalue weighted by Crippen LogP contribution is -2.42. The molecule has 0 radical (unpaired) electrons. The van der Waals surface area contributed by atoms with Crippen molar-refractivity contribution in [3.05, 3.63) is 72.6 Å². The number of hydrogen-bond acceptors (Lipinski definition) is 6. The van der Waals surface area contributed by atoms with Crippen LogP contribution in [0.15, 0.2) is 61.3 Å². The molecule has 1 fully saturated rings. The molecule has 1 amide bonds. The topological polar surface area (TPSA) is 88.9 Å². The molecule has 7 nitrogen and oxygen atoms in total. The molecule has 140 valence electrons. The number of carbonyl (C=O) groups excluding carboxylic acids is 2. The van der Waals surface area contributed by atoms with Gasteiger partial charge in [-0.2, -0.15) is 0 Å². The normalized spacial score (nSPS) is 16.6. The summed E-state index contributed by atoms with van der Waals surface area (Å²) >= 11 is 0. The van der Waals surface area contributed by atoms with Crippen LogP contribution in [0.1, 0.15) is 33.7 Å². The van der Waals surface area contributed by atoms with Gasteiger partial charge in [-0.05, 0) is 37.1 Å². The molecule has 28 heavy (non-hydrogen) atoms. The summed E-state index contributed by atoms with van der Waals surface area (Å²) in [5.41, 5.74) is 1.66. The Balaban J connectivity index is 1.46. The fourth-order valence-corrected chi connectivity index (χ4v) is 3.36. The van der Waals surface area contributed by atoms with Crippen LogP contribution in [0.3, 0.4) is 0 Å². The summed E-state index contributed by atoms with van der Waals surface area (Å²) < 4.78 is 0. The molecule has 4 rings (SSSR count). The third-order valence-electron chi connectivity index (χ3n) is 4.82. The molecular formula is C21H19N5O2. The van der Waals surface area contributed by atoms with Gasteiger partial charge >= 0.3 is 0 Å². The number of hydrogen-bond donors (Lipinski definition) is 0. The van der Waals surface area contributed by atoms with Crippen molar-refractivity contribution in [3.8, 4) is 11.4 Å². The van der Waals surface area contributed by atoms with Gasteiger partial charge in [0.15, 0.2) is 11.6 Å². The van der Waals surface area contributed by atoms with Gasteiger partial charge < -0.3 is 4.90 Å². The first kappa shape index (κ1) is 17.9. The van der Waals surface area contributed by atoms with E-state index in [0.29, 0.717) is 30.2 Å². The Morgan fingerprint density at radius 1 is 0.964 bits per heavy atom. The number of nitrogens with zero attached hydrogens (tertiary/aromatic N) is 5. The summed E-state index contributed by atoms with van der Waals surface area (Å²) in [5, 5.41) is 0. The number of aromatic nitrogens is 4. The van der Waals surface area contributed by atoms with E-state index >= 15 is 0 Å². The number of pyridine rings is 2. The monoisotopic (exact) mass is 373 g/mol. The molecule has 0 aliphatic carbocycles. The molecule has 7 heteroatoms. The zero-order valence-electron chi connectivity index (χ0n) is 15.2. The number of piperidine rings is 1. The largest absolute Gasteiger partial charge is 0.338 e. The molecule has 1 atom stereocenters. The van der Waals surface area contributed by atoms with Crippen molar-refractivity contribution in [2.45, 2.75) is 12.8 Å². The van der Waals surface area contributed by atoms with Crippen molar-refractivity contribution >= 4 is 11.7 Å². The van der Waals surface area contributed by atoms with Crippen molar-refractivity contribution in [2.75, 3.05) is 13.1 Å². The lowest BCUT2D eigenvalue weighted by Gasteiger charge is -2.31. The first-order chi connectivity index (χ1) is 13.7. The van der Waals surface area contributed by atoms with E-state index in [1.807, 2.05) is 12.1 Å². The quantitative estimate of drug-likeness (QED) is 0.653. The van der Waals surface area contributed by atoms with Crippen LogP contribution in [0.25, 0.3) is 11.4 Å². The molecule has 0 bridgehead atoms. The average Bonchev–Trinajstić information content (AvgIpc) is 2.79. The van der Waals surface area contributed by atoms with Gasteiger partial charge in [-0.25, -0.2) is 9.97 Å². The predicted molar refractivity (Wildman–Crippen MR) is 102 cm³/mol. The second-order valence-electron chi connectivity index (χ2n) is 6.71. The minimum atomic E-state index is -0.233. The molecule has 0 aromatic carbocycles. The number of Topliss-reactive ketones (excluding diaryl/α,β-unsaturated/α-hetero) is 1. The maximum Gasteiger partial charge on any atom is 0.257 e. The van der Waals surface area contributed by atoms with E-state index in [1.165, 1.54) is 12.4 Å². The number of carbonyl (C=O) groups is 2. The second-order valence-corrected chi connectivity index (χ2v) is 6.71. The van der Waals surface area contributed by atoms with E-state index in [-0.39, 0.29) is 17.6 Å². The molecule has 0 unspecified atom stereocenters. The molecule has 0 spiro atoms. The van der Waals surface area contributed by atoms with Gasteiger partial charge in [0.2, 0.25) is 0 Å². The first-order valence-corrected chi connectivity index (χ1v) is 9.19. The molecule has 1 aliphatic rings. The SMILES string of the molecule is O=C(c1ccccn1)[C@@H]1CCCN(C(=O)c2cnc(-c3cccnc3)nc2)C1. The molecule has 1 aliphatic heterocycles. The average molecular weight is 373 g/mol. The summed E-state index contributed by atoms with van der Waals surface area (Å²) in [6.45, 7) is 1.01. The van der Waals surface area contributed by atoms with Crippen molar-refractivity contribution in [3.63, 3.8) is 0 Å². The highest BCUT2D eigenvalue weighted by Gasteiger charge is 2.30. The summed E-state index contributed by atoms with van der Waals surface area (Å²) in [6.07, 6.45) is 9.57. The maximum absolute atomic E-state index is 12.9. The van der Waals surface area contributed by atoms with Gasteiger partial charge in [-0.3, -0.25) is 19.6 Å². The number of amides is 1. The third kappa shape index (κ3) is 3.78. The van der Waals surface area contributed by atoms with Crippen LogP contribution >= 0.6 is 0 Å². The predicted octanol–water partition coefficient (Wildman–Crippen LogP) is 2.67. The number of rotatable bonds is 4. The minimum Gasteiger partial charge on any atom is -0.338 e. The summed E-state index contributed by atoms with van der Waals surface area (Å²) in [7, 11) is 0. The Morgan fingerprint density at radius 2 is 1.82 bits per heavy atom. The Hall–Kier alpha value is -3.48. The standard InChI is InChI=1S/C21H19N5O2/c27-19(18-7-1-2-9-23-18)16-6-4-10-26(14-16)21(28)17-12-24-20(25-13-17)15-5-3-8-22-11-15/h1-3,5,7-9,11-13,16H,4,6,10,14H2/t16-/m1/s1. The molecule has 3 aromatic rings. The van der Waals surface area contributed by atoms with Crippen LogP contribution < -0.4 is 0 Å². The van der Waals surface area contributed by atoms with Gasteiger partial charge in [0.05, 0.1) is 5.56 Å². The van der Waals surface area contributed by atoms with Crippen molar-refractivity contribution in [2.24, 2.45) is 5.92 Å². The molecule has 4 heterocycles. The number of likely N-dealkylation sites (tertiary alicyclic amines) is 1. The smallest absolute Gasteiger partial charge is 0.257 e. The fraction of sp³-hybridized carbons (Fsp3) is 0.238. The van der Waals surface area contributed by atoms with Crippen LogP contribution in [-0.2, 0) is 0 Å². The fourth-order valence-electron chi connectivity index (χ4n) is 3.36. The van der Waals surface area contributed by atoms with Crippen LogP contribution in [0.4, 0.5) is 0 Å². The van der Waals surface area contributed by atoms with Crippen molar-refractivity contribution < 1.29 is 9.59 Å². The van der Waals surface area contributed by atoms with Gasteiger partial charge in [0.1, 0.15) is 5.69 Å². The Morgan fingerprint density at radius 3 is 2.54 bits per heavy atom. The molecule has 0 saturated carbocycles. The molecule has 0 N–H and O–H groups in total. The third-order valence-corrected chi connectivity index (χ3v) is 4.82. The van der Waals surface area contributed by atoms with Crippen LogP contribution in [-0.4, -0.2) is 49.6 Å². The van der Waals surface area contributed by atoms with Gasteiger partial charge in [-0.1, -0.05) is 6.07 Å². The highest BCUT2D eigenvalue weighted by Crippen LogP contribution is 2.22. The molecular weight excluding hydrogens is 354 g/mol. The highest BCUT2D eigenvalue weighted by atomic mass is 16.2. The Labute approximate surface area is 162 Å². The lowest BCUT2D eigenvalue weighted by molar-refractivity contribution is 0.0634. The zero-order valence-corrected chi connectivity index (χ0v) is 15.2. The molecule has 1 saturated heterocycles. The Kier molecular flexibility index (Phi) is 5.14. The van der Waals surface area contributed by atoms with Gasteiger partial charge in [0, 0.05) is 55.6 Å². The molecule has 3 aromatic heterocycles. The van der Waals surface area contributed by atoms with Crippen LogP contribution in [0.2, 0.25) is 0 Å². The number of ketones is 1.